The number of pyridine rings is 1. The fourth-order valence-corrected chi connectivity index (χ4v) is 1.74. The molecule has 98 valence electrons. The van der Waals surface area contributed by atoms with Crippen LogP contribution in [0.1, 0.15) is 21.5 Å². The fraction of sp³-hybridized carbons (Fsp3) is 0.143. The Kier molecular flexibility index (Phi) is 4.10. The van der Waals surface area contributed by atoms with Gasteiger partial charge < -0.3 is 16.0 Å². The van der Waals surface area contributed by atoms with Crippen LogP contribution in [0.15, 0.2) is 47.5 Å². The van der Waals surface area contributed by atoms with Crippen LogP contribution in [0.4, 0.5) is 0 Å². The van der Waals surface area contributed by atoms with E-state index in [1.165, 1.54) is 18.5 Å². The van der Waals surface area contributed by atoms with E-state index in [4.69, 9.17) is 5.73 Å². The first-order valence-electron chi connectivity index (χ1n) is 5.94. The van der Waals surface area contributed by atoms with Crippen molar-refractivity contribution in [3.63, 3.8) is 0 Å². The molecule has 0 unspecified atom stereocenters. The van der Waals surface area contributed by atoms with Gasteiger partial charge in [-0.3, -0.25) is 9.59 Å². The number of hydrogen-bond donors (Lipinski definition) is 3. The molecule has 1 aromatic heterocycles. The highest BCUT2D eigenvalue weighted by Crippen LogP contribution is 2.04. The Morgan fingerprint density at radius 1 is 1.26 bits per heavy atom. The Morgan fingerprint density at radius 3 is 2.79 bits per heavy atom. The Morgan fingerprint density at radius 2 is 2.05 bits per heavy atom. The first-order valence-corrected chi connectivity index (χ1v) is 5.94. The van der Waals surface area contributed by atoms with Crippen LogP contribution in [0.5, 0.6) is 0 Å². The van der Waals surface area contributed by atoms with Crippen molar-refractivity contribution in [2.45, 2.75) is 13.1 Å². The first kappa shape index (κ1) is 13.0. The molecule has 5 nitrogen and oxygen atoms in total. The number of carbonyl (C=O) groups is 1. The summed E-state index contributed by atoms with van der Waals surface area (Å²) >= 11 is 0. The van der Waals surface area contributed by atoms with Crippen LogP contribution >= 0.6 is 0 Å². The van der Waals surface area contributed by atoms with Gasteiger partial charge in [0.25, 0.3) is 5.91 Å². The summed E-state index contributed by atoms with van der Waals surface area (Å²) in [4.78, 5) is 26.0. The third-order valence-corrected chi connectivity index (χ3v) is 2.75. The van der Waals surface area contributed by atoms with Gasteiger partial charge in [0.2, 0.25) is 0 Å². The number of hydrogen-bond acceptors (Lipinski definition) is 3. The molecule has 0 aliphatic rings. The van der Waals surface area contributed by atoms with E-state index in [-0.39, 0.29) is 16.9 Å². The van der Waals surface area contributed by atoms with Gasteiger partial charge in [0.15, 0.2) is 5.43 Å². The lowest BCUT2D eigenvalue weighted by molar-refractivity contribution is 0.0949. The fourth-order valence-electron chi connectivity index (χ4n) is 1.74. The molecule has 0 spiro atoms. The number of benzene rings is 1. The molecular weight excluding hydrogens is 242 g/mol. The maximum atomic E-state index is 11.8. The van der Waals surface area contributed by atoms with Gasteiger partial charge in [-0.25, -0.2) is 0 Å². The maximum Gasteiger partial charge on any atom is 0.257 e. The predicted octanol–water partition coefficient (Wildman–Crippen LogP) is 0.764. The molecule has 0 bridgehead atoms. The summed E-state index contributed by atoms with van der Waals surface area (Å²) in [5.41, 5.74) is 7.31. The van der Waals surface area contributed by atoms with Gasteiger partial charge in [0.1, 0.15) is 5.56 Å². The molecule has 4 N–H and O–H groups in total. The molecular formula is C14H15N3O2. The van der Waals surface area contributed by atoms with Crippen molar-refractivity contribution in [3.8, 4) is 0 Å². The molecule has 2 rings (SSSR count). The van der Waals surface area contributed by atoms with Gasteiger partial charge in [0.05, 0.1) is 0 Å². The van der Waals surface area contributed by atoms with E-state index in [0.29, 0.717) is 13.1 Å². The minimum atomic E-state index is -0.389. The summed E-state index contributed by atoms with van der Waals surface area (Å²) in [6.07, 6.45) is 2.89. The lowest BCUT2D eigenvalue weighted by Crippen LogP contribution is -2.28. The van der Waals surface area contributed by atoms with Crippen molar-refractivity contribution in [1.82, 2.24) is 10.3 Å². The van der Waals surface area contributed by atoms with Crippen molar-refractivity contribution in [1.29, 1.82) is 0 Å². The van der Waals surface area contributed by atoms with E-state index in [2.05, 4.69) is 10.3 Å². The van der Waals surface area contributed by atoms with E-state index in [1.807, 2.05) is 24.3 Å². The van der Waals surface area contributed by atoms with Crippen LogP contribution in [0.2, 0.25) is 0 Å². The highest BCUT2D eigenvalue weighted by molar-refractivity contribution is 5.93. The maximum absolute atomic E-state index is 11.8. The van der Waals surface area contributed by atoms with Crippen LogP contribution in [0, 0.1) is 0 Å². The highest BCUT2D eigenvalue weighted by Gasteiger charge is 2.08. The largest absolute Gasteiger partial charge is 0.367 e. The molecule has 1 amide bonds. The Hall–Kier alpha value is -2.40. The molecule has 2 aromatic rings. The van der Waals surface area contributed by atoms with Gasteiger partial charge in [-0.2, -0.15) is 0 Å². The zero-order chi connectivity index (χ0) is 13.7. The van der Waals surface area contributed by atoms with Crippen LogP contribution in [0.3, 0.4) is 0 Å². The normalized spacial score (nSPS) is 10.2. The third-order valence-electron chi connectivity index (χ3n) is 2.75. The summed E-state index contributed by atoms with van der Waals surface area (Å²) in [7, 11) is 0. The number of aromatic amines is 1. The van der Waals surface area contributed by atoms with Gasteiger partial charge in [0, 0.05) is 31.5 Å². The molecule has 0 saturated carbocycles. The smallest absolute Gasteiger partial charge is 0.257 e. The van der Waals surface area contributed by atoms with Crippen molar-refractivity contribution < 1.29 is 4.79 Å². The zero-order valence-corrected chi connectivity index (χ0v) is 10.3. The minimum absolute atomic E-state index is 0.109. The molecule has 0 atom stereocenters. The Balaban J connectivity index is 2.04. The number of carbonyl (C=O) groups excluding carboxylic acids is 1. The second kappa shape index (κ2) is 5.97. The van der Waals surface area contributed by atoms with Gasteiger partial charge in [-0.05, 0) is 11.1 Å². The van der Waals surface area contributed by atoms with Crippen molar-refractivity contribution >= 4 is 5.91 Å². The summed E-state index contributed by atoms with van der Waals surface area (Å²) in [6.45, 7) is 0.821. The van der Waals surface area contributed by atoms with E-state index in [9.17, 15) is 9.59 Å². The summed E-state index contributed by atoms with van der Waals surface area (Å²) in [6, 6.07) is 8.96. The zero-order valence-electron chi connectivity index (χ0n) is 10.3. The van der Waals surface area contributed by atoms with E-state index >= 15 is 0 Å². The molecule has 0 saturated heterocycles. The van der Waals surface area contributed by atoms with E-state index in [1.54, 1.807) is 0 Å². The molecule has 19 heavy (non-hydrogen) atoms. The lowest BCUT2D eigenvalue weighted by atomic mass is 10.1. The first-order chi connectivity index (χ1) is 9.20. The van der Waals surface area contributed by atoms with Crippen LogP contribution in [0.25, 0.3) is 0 Å². The number of rotatable bonds is 4. The Bertz CT molecular complexity index is 634. The second-order valence-electron chi connectivity index (χ2n) is 4.13. The molecule has 0 fully saturated rings. The number of H-pyrrole nitrogens is 1. The summed E-state index contributed by atoms with van der Waals surface area (Å²) < 4.78 is 0. The molecule has 0 aliphatic heterocycles. The summed E-state index contributed by atoms with van der Waals surface area (Å²) in [5.74, 6) is -0.389. The number of aromatic nitrogens is 1. The minimum Gasteiger partial charge on any atom is -0.367 e. The molecule has 0 aliphatic carbocycles. The number of nitrogens with two attached hydrogens (primary N) is 1. The van der Waals surface area contributed by atoms with Crippen LogP contribution < -0.4 is 16.5 Å². The van der Waals surface area contributed by atoms with Crippen LogP contribution in [-0.2, 0) is 13.1 Å². The van der Waals surface area contributed by atoms with Crippen molar-refractivity contribution in [3.05, 3.63) is 69.6 Å². The lowest BCUT2D eigenvalue weighted by Gasteiger charge is -2.06. The quantitative estimate of drug-likeness (QED) is 0.755. The van der Waals surface area contributed by atoms with Gasteiger partial charge in [-0.15, -0.1) is 0 Å². The second-order valence-corrected chi connectivity index (χ2v) is 4.13. The highest BCUT2D eigenvalue weighted by atomic mass is 16.2. The number of nitrogens with one attached hydrogen (secondary N) is 2. The van der Waals surface area contributed by atoms with E-state index < -0.39 is 0 Å². The predicted molar refractivity (Wildman–Crippen MR) is 72.6 cm³/mol. The van der Waals surface area contributed by atoms with Gasteiger partial charge in [-0.1, -0.05) is 24.3 Å². The molecule has 1 heterocycles. The van der Waals surface area contributed by atoms with Crippen molar-refractivity contribution in [2.75, 3.05) is 0 Å². The summed E-state index contributed by atoms with van der Waals surface area (Å²) in [5, 5.41) is 2.71. The van der Waals surface area contributed by atoms with Crippen LogP contribution in [-0.4, -0.2) is 10.9 Å². The standard InChI is InChI=1S/C14H15N3O2/c15-7-10-2-1-3-11(6-10)8-17-14(19)12-9-16-5-4-13(12)18/h1-6,9H,7-8,15H2,(H,16,18)(H,17,19). The van der Waals surface area contributed by atoms with Crippen molar-refractivity contribution in [2.24, 2.45) is 5.73 Å². The average molecular weight is 257 g/mol. The molecule has 0 radical (unpaired) electrons. The molecule has 1 aromatic carbocycles. The average Bonchev–Trinajstić information content (AvgIpc) is 2.45. The molecule has 5 heteroatoms. The monoisotopic (exact) mass is 257 g/mol. The SMILES string of the molecule is NCc1cccc(CNC(=O)c2c[nH]ccc2=O)c1. The topological polar surface area (TPSA) is 88.0 Å². The Labute approximate surface area is 110 Å². The van der Waals surface area contributed by atoms with E-state index in [0.717, 1.165) is 11.1 Å². The third kappa shape index (κ3) is 3.29. The number of amides is 1. The van der Waals surface area contributed by atoms with Gasteiger partial charge >= 0.3 is 0 Å².